The third-order valence-corrected chi connectivity index (χ3v) is 6.19. The minimum atomic E-state index is -1.76. The molecule has 0 bridgehead atoms. The lowest BCUT2D eigenvalue weighted by atomic mass is 9.89. The lowest BCUT2D eigenvalue weighted by Crippen LogP contribution is -2.56. The Labute approximate surface area is 192 Å². The molecule has 1 saturated heterocycles. The van der Waals surface area contributed by atoms with Crippen LogP contribution in [0.4, 0.5) is 0 Å². The molecule has 8 heteroatoms. The summed E-state index contributed by atoms with van der Waals surface area (Å²) in [6, 6.07) is 15.5. The Kier molecular flexibility index (Phi) is 7.35. The molecule has 2 aromatic carbocycles. The van der Waals surface area contributed by atoms with Gasteiger partial charge in [0.1, 0.15) is 12.1 Å². The second kappa shape index (κ2) is 9.99. The van der Waals surface area contributed by atoms with E-state index >= 15 is 0 Å². The quantitative estimate of drug-likeness (QED) is 0.323. The average molecular weight is 455 g/mol. The average Bonchev–Trinajstić information content (AvgIpc) is 3.29. The van der Waals surface area contributed by atoms with Crippen molar-refractivity contribution in [3.63, 3.8) is 0 Å². The molecule has 0 radical (unpaired) electrons. The largest absolute Gasteiger partial charge is 0.480 e. The molecule has 0 aromatic heterocycles. The number of hydrogen-bond donors (Lipinski definition) is 3. The Hall–Kier alpha value is -3.13. The van der Waals surface area contributed by atoms with Crippen LogP contribution in [0, 0.1) is 0 Å². The number of carboxylic acid groups (broad SMARTS) is 1. The number of benzene rings is 2. The fourth-order valence-corrected chi connectivity index (χ4v) is 4.27. The van der Waals surface area contributed by atoms with Gasteiger partial charge in [-0.1, -0.05) is 60.7 Å². The number of carboxylic acids is 1. The van der Waals surface area contributed by atoms with E-state index < -0.39 is 40.4 Å². The second-order valence-corrected chi connectivity index (χ2v) is 8.70. The smallest absolute Gasteiger partial charge is 0.326 e. The standard InChI is InChI=1S/C24H26N2O5S/c1-16(21(28)26-14-8-13-19(26)22(29)30)25-23(31)24(32,15-17-9-4-2-5-10-17)20(27)18-11-6-3-7-12-18/h2-7,9-12,16,19,32H,8,13-15H2,1H3,(H,25,31)(H,29,30)/t16-,19-,24?/m0/s1. The van der Waals surface area contributed by atoms with Crippen molar-refractivity contribution in [3.05, 3.63) is 71.8 Å². The molecular formula is C24H26N2O5S. The van der Waals surface area contributed by atoms with E-state index in [4.69, 9.17) is 0 Å². The first-order valence-corrected chi connectivity index (χ1v) is 10.9. The van der Waals surface area contributed by atoms with Gasteiger partial charge in [0.25, 0.3) is 0 Å². The van der Waals surface area contributed by atoms with Crippen LogP contribution in [-0.4, -0.2) is 56.9 Å². The number of nitrogens with one attached hydrogen (secondary N) is 1. The normalized spacial score (nSPS) is 18.4. The number of rotatable bonds is 8. The summed E-state index contributed by atoms with van der Waals surface area (Å²) < 4.78 is -1.76. The number of carbonyl (C=O) groups is 4. The zero-order valence-corrected chi connectivity index (χ0v) is 18.6. The zero-order chi connectivity index (χ0) is 23.3. The molecule has 32 heavy (non-hydrogen) atoms. The topological polar surface area (TPSA) is 104 Å². The molecule has 1 heterocycles. The molecule has 168 valence electrons. The van der Waals surface area contributed by atoms with Gasteiger partial charge < -0.3 is 15.3 Å². The zero-order valence-electron chi connectivity index (χ0n) is 17.7. The molecule has 1 aliphatic rings. The van der Waals surface area contributed by atoms with Crippen LogP contribution in [0.5, 0.6) is 0 Å². The van der Waals surface area contributed by atoms with E-state index in [9.17, 15) is 24.3 Å². The van der Waals surface area contributed by atoms with Crippen molar-refractivity contribution in [3.8, 4) is 0 Å². The molecule has 3 rings (SSSR count). The fraction of sp³-hybridized carbons (Fsp3) is 0.333. The van der Waals surface area contributed by atoms with E-state index in [0.29, 0.717) is 24.9 Å². The third-order valence-electron chi connectivity index (χ3n) is 5.63. The number of thiol groups is 1. The van der Waals surface area contributed by atoms with Gasteiger partial charge in [-0.25, -0.2) is 4.79 Å². The van der Waals surface area contributed by atoms with E-state index in [1.54, 1.807) is 54.6 Å². The van der Waals surface area contributed by atoms with Crippen LogP contribution in [0.15, 0.2) is 60.7 Å². The first kappa shape index (κ1) is 23.5. The Balaban J connectivity index is 1.84. The van der Waals surface area contributed by atoms with Crippen LogP contribution in [0.3, 0.4) is 0 Å². The van der Waals surface area contributed by atoms with Crippen molar-refractivity contribution in [2.24, 2.45) is 0 Å². The van der Waals surface area contributed by atoms with Crippen molar-refractivity contribution in [2.45, 2.75) is 43.0 Å². The van der Waals surface area contributed by atoms with Crippen molar-refractivity contribution >= 4 is 36.2 Å². The van der Waals surface area contributed by atoms with Crippen molar-refractivity contribution < 1.29 is 24.3 Å². The summed E-state index contributed by atoms with van der Waals surface area (Å²) in [6.07, 6.45) is 0.984. The first-order chi connectivity index (χ1) is 15.2. The van der Waals surface area contributed by atoms with Crippen LogP contribution in [0.2, 0.25) is 0 Å². The van der Waals surface area contributed by atoms with E-state index in [-0.39, 0.29) is 6.42 Å². The van der Waals surface area contributed by atoms with Gasteiger partial charge in [-0.3, -0.25) is 14.4 Å². The Bertz CT molecular complexity index is 998. The molecule has 2 N–H and O–H groups in total. The number of nitrogens with zero attached hydrogens (tertiary/aromatic N) is 1. The molecule has 0 saturated carbocycles. The van der Waals surface area contributed by atoms with Crippen LogP contribution in [0.25, 0.3) is 0 Å². The lowest BCUT2D eigenvalue weighted by Gasteiger charge is -2.30. The fourth-order valence-electron chi connectivity index (χ4n) is 3.90. The summed E-state index contributed by atoms with van der Waals surface area (Å²) >= 11 is 4.55. The molecule has 1 fully saturated rings. The van der Waals surface area contributed by atoms with Gasteiger partial charge in [0, 0.05) is 18.5 Å². The highest BCUT2D eigenvalue weighted by Gasteiger charge is 2.44. The van der Waals surface area contributed by atoms with Crippen LogP contribution < -0.4 is 5.32 Å². The van der Waals surface area contributed by atoms with E-state index in [0.717, 1.165) is 5.56 Å². The van der Waals surface area contributed by atoms with Crippen molar-refractivity contribution in [1.82, 2.24) is 10.2 Å². The van der Waals surface area contributed by atoms with Gasteiger partial charge in [0.15, 0.2) is 10.5 Å². The van der Waals surface area contributed by atoms with E-state index in [1.807, 2.05) is 6.07 Å². The summed E-state index contributed by atoms with van der Waals surface area (Å²) in [4.78, 5) is 52.2. The Morgan fingerprint density at radius 1 is 1.09 bits per heavy atom. The molecule has 1 unspecified atom stereocenters. The molecule has 3 atom stereocenters. The summed E-state index contributed by atoms with van der Waals surface area (Å²) in [5, 5.41) is 12.0. The SMILES string of the molecule is C[C@H](NC(=O)C(S)(Cc1ccccc1)C(=O)c1ccccc1)C(=O)N1CCC[C@H]1C(=O)O. The first-order valence-electron chi connectivity index (χ1n) is 10.4. The minimum Gasteiger partial charge on any atom is -0.480 e. The molecule has 1 aliphatic heterocycles. The predicted octanol–water partition coefficient (Wildman–Crippen LogP) is 2.36. The van der Waals surface area contributed by atoms with Gasteiger partial charge in [0.2, 0.25) is 11.8 Å². The maximum Gasteiger partial charge on any atom is 0.326 e. The summed E-state index contributed by atoms with van der Waals surface area (Å²) in [5.74, 6) is -2.75. The monoisotopic (exact) mass is 454 g/mol. The van der Waals surface area contributed by atoms with Gasteiger partial charge in [-0.15, -0.1) is 0 Å². The number of ketones is 1. The second-order valence-electron chi connectivity index (χ2n) is 7.94. The lowest BCUT2D eigenvalue weighted by molar-refractivity contribution is -0.149. The van der Waals surface area contributed by atoms with Crippen LogP contribution >= 0.6 is 12.6 Å². The molecule has 0 aliphatic carbocycles. The molecule has 2 amide bonds. The van der Waals surface area contributed by atoms with Gasteiger partial charge >= 0.3 is 5.97 Å². The van der Waals surface area contributed by atoms with Crippen LogP contribution in [0.1, 0.15) is 35.7 Å². The number of carbonyl (C=O) groups excluding carboxylic acids is 3. The molecule has 7 nitrogen and oxygen atoms in total. The third kappa shape index (κ3) is 5.02. The number of likely N-dealkylation sites (tertiary alicyclic amines) is 1. The maximum absolute atomic E-state index is 13.4. The Morgan fingerprint density at radius 3 is 2.28 bits per heavy atom. The molecule has 2 aromatic rings. The molecule has 0 spiro atoms. The van der Waals surface area contributed by atoms with Crippen molar-refractivity contribution in [2.75, 3.05) is 6.54 Å². The highest BCUT2D eigenvalue weighted by atomic mass is 32.1. The van der Waals surface area contributed by atoms with Crippen LogP contribution in [-0.2, 0) is 20.8 Å². The predicted molar refractivity (Wildman–Crippen MR) is 123 cm³/mol. The van der Waals surface area contributed by atoms with Crippen molar-refractivity contribution in [1.29, 1.82) is 0 Å². The Morgan fingerprint density at radius 2 is 1.69 bits per heavy atom. The van der Waals surface area contributed by atoms with Gasteiger partial charge in [-0.2, -0.15) is 12.6 Å². The summed E-state index contributed by atoms with van der Waals surface area (Å²) in [7, 11) is 0. The maximum atomic E-state index is 13.4. The van der Waals surface area contributed by atoms with E-state index in [2.05, 4.69) is 17.9 Å². The number of hydrogen-bond acceptors (Lipinski definition) is 5. The van der Waals surface area contributed by atoms with E-state index in [1.165, 1.54) is 11.8 Å². The summed E-state index contributed by atoms with van der Waals surface area (Å²) in [6.45, 7) is 1.80. The number of Topliss-reactive ketones (excluding diaryl/α,β-unsaturated/α-hetero) is 1. The minimum absolute atomic E-state index is 0.0267. The number of amides is 2. The van der Waals surface area contributed by atoms with Gasteiger partial charge in [-0.05, 0) is 25.3 Å². The molecular weight excluding hydrogens is 428 g/mol. The highest BCUT2D eigenvalue weighted by molar-refractivity contribution is 7.83. The highest BCUT2D eigenvalue weighted by Crippen LogP contribution is 2.27. The van der Waals surface area contributed by atoms with Gasteiger partial charge in [0.05, 0.1) is 0 Å². The number of aliphatic carboxylic acids is 1. The summed E-state index contributed by atoms with van der Waals surface area (Å²) in [5.41, 5.74) is 1.07.